The molecule has 0 radical (unpaired) electrons. The number of hydrogen-bond donors (Lipinski definition) is 0. The summed E-state index contributed by atoms with van der Waals surface area (Å²) in [5.74, 6) is 0.214. The van der Waals surface area contributed by atoms with Gasteiger partial charge in [0.05, 0.1) is 4.34 Å². The minimum Gasteiger partial charge on any atom is -0.207 e. The van der Waals surface area contributed by atoms with Crippen molar-refractivity contribution >= 4 is 56.2 Å². The van der Waals surface area contributed by atoms with Gasteiger partial charge in [0, 0.05) is 19.0 Å². The zero-order valence-electron chi connectivity index (χ0n) is 8.58. The van der Waals surface area contributed by atoms with Crippen LogP contribution >= 0.6 is 46.1 Å². The molecule has 1 aromatic heterocycles. The molecule has 16 heavy (non-hydrogen) atoms. The van der Waals surface area contributed by atoms with Crippen molar-refractivity contribution in [1.82, 2.24) is 4.31 Å². The van der Waals surface area contributed by atoms with E-state index in [0.717, 1.165) is 11.3 Å². The molecule has 1 atom stereocenters. The molecule has 3 nitrogen and oxygen atoms in total. The first-order valence-electron chi connectivity index (χ1n) is 4.29. The fourth-order valence-electron chi connectivity index (χ4n) is 0.990. The van der Waals surface area contributed by atoms with Crippen molar-refractivity contribution in [2.45, 2.75) is 17.9 Å². The molecule has 0 aromatic carbocycles. The minimum atomic E-state index is -3.62. The predicted molar refractivity (Wildman–Crippen MR) is 69.5 cm³/mol. The molecule has 92 valence electrons. The molecule has 0 aliphatic rings. The summed E-state index contributed by atoms with van der Waals surface area (Å²) in [5.41, 5.74) is 0. The first-order valence-corrected chi connectivity index (χ1v) is 7.84. The molecular weight excluding hydrogens is 313 g/mol. The average molecular weight is 323 g/mol. The van der Waals surface area contributed by atoms with Crippen molar-refractivity contribution in [1.29, 1.82) is 0 Å². The lowest BCUT2D eigenvalue weighted by Gasteiger charge is -2.21. The van der Waals surface area contributed by atoms with Gasteiger partial charge >= 0.3 is 0 Å². The van der Waals surface area contributed by atoms with E-state index in [2.05, 4.69) is 0 Å². The molecule has 0 spiro atoms. The molecule has 1 heterocycles. The highest BCUT2D eigenvalue weighted by Gasteiger charge is 2.28. The summed E-state index contributed by atoms with van der Waals surface area (Å²) < 4.78 is 25.9. The summed E-state index contributed by atoms with van der Waals surface area (Å²) in [5, 5.41) is 0. The lowest BCUT2D eigenvalue weighted by molar-refractivity contribution is 0.414. The van der Waals surface area contributed by atoms with Crippen molar-refractivity contribution in [3.8, 4) is 0 Å². The van der Waals surface area contributed by atoms with E-state index in [1.54, 1.807) is 6.92 Å². The Morgan fingerprint density at radius 1 is 1.50 bits per heavy atom. The summed E-state index contributed by atoms with van der Waals surface area (Å²) in [6.45, 7) is 1.71. The highest BCUT2D eigenvalue weighted by molar-refractivity contribution is 7.89. The highest BCUT2D eigenvalue weighted by atomic mass is 35.5. The van der Waals surface area contributed by atoms with Gasteiger partial charge in [0.25, 0.3) is 0 Å². The van der Waals surface area contributed by atoms with Gasteiger partial charge in [-0.25, -0.2) is 8.42 Å². The van der Waals surface area contributed by atoms with Gasteiger partial charge in [-0.2, -0.15) is 4.31 Å². The Hall–Kier alpha value is 0.480. The van der Waals surface area contributed by atoms with Crippen molar-refractivity contribution in [3.63, 3.8) is 0 Å². The number of hydrogen-bond acceptors (Lipinski definition) is 3. The van der Waals surface area contributed by atoms with E-state index >= 15 is 0 Å². The van der Waals surface area contributed by atoms with Gasteiger partial charge in [0.15, 0.2) is 0 Å². The average Bonchev–Trinajstić information content (AvgIpc) is 2.56. The van der Waals surface area contributed by atoms with E-state index in [0.29, 0.717) is 4.34 Å². The topological polar surface area (TPSA) is 37.4 Å². The van der Waals surface area contributed by atoms with Crippen LogP contribution in [0.3, 0.4) is 0 Å². The summed E-state index contributed by atoms with van der Waals surface area (Å²) in [6.07, 6.45) is 0. The van der Waals surface area contributed by atoms with E-state index in [9.17, 15) is 8.42 Å². The highest BCUT2D eigenvalue weighted by Crippen LogP contribution is 2.35. The molecule has 1 unspecified atom stereocenters. The second-order valence-corrected chi connectivity index (χ2v) is 7.77. The van der Waals surface area contributed by atoms with Crippen LogP contribution in [0.1, 0.15) is 6.92 Å². The second-order valence-electron chi connectivity index (χ2n) is 3.21. The van der Waals surface area contributed by atoms with Crippen LogP contribution in [0.4, 0.5) is 0 Å². The van der Waals surface area contributed by atoms with Crippen LogP contribution in [0.25, 0.3) is 0 Å². The normalized spacial score (nSPS) is 14.4. The lowest BCUT2D eigenvalue weighted by Crippen LogP contribution is -2.36. The van der Waals surface area contributed by atoms with E-state index in [-0.39, 0.29) is 21.2 Å². The molecule has 0 fully saturated rings. The number of nitrogens with zero attached hydrogens (tertiary/aromatic N) is 1. The van der Waals surface area contributed by atoms with Gasteiger partial charge < -0.3 is 0 Å². The quantitative estimate of drug-likeness (QED) is 0.798. The molecule has 0 saturated heterocycles. The fraction of sp³-hybridized carbons (Fsp3) is 0.500. The fourth-order valence-corrected chi connectivity index (χ4v) is 4.75. The zero-order chi connectivity index (χ0) is 12.5. The molecule has 0 aliphatic carbocycles. The van der Waals surface area contributed by atoms with E-state index < -0.39 is 10.0 Å². The third-order valence-electron chi connectivity index (χ3n) is 2.13. The SMILES string of the molecule is CC(CCl)N(C)S(=O)(=O)c1cc(Cl)sc1Cl. The molecule has 0 saturated carbocycles. The number of sulfonamides is 1. The first kappa shape index (κ1) is 14.5. The van der Waals surface area contributed by atoms with Crippen LogP contribution in [-0.4, -0.2) is 31.7 Å². The molecule has 1 aromatic rings. The van der Waals surface area contributed by atoms with Crippen LogP contribution in [-0.2, 0) is 10.0 Å². The van der Waals surface area contributed by atoms with Crippen LogP contribution in [0.15, 0.2) is 11.0 Å². The van der Waals surface area contributed by atoms with Gasteiger partial charge in [-0.1, -0.05) is 23.2 Å². The van der Waals surface area contributed by atoms with Crippen molar-refractivity contribution < 1.29 is 8.42 Å². The molecule has 0 bridgehead atoms. The maximum absolute atomic E-state index is 12.1. The Balaban J connectivity index is 3.17. The zero-order valence-corrected chi connectivity index (χ0v) is 12.5. The van der Waals surface area contributed by atoms with E-state index in [1.165, 1.54) is 17.4 Å². The Kier molecular flexibility index (Phi) is 4.92. The van der Waals surface area contributed by atoms with E-state index in [1.807, 2.05) is 0 Å². The van der Waals surface area contributed by atoms with Gasteiger partial charge in [-0.05, 0) is 13.0 Å². The molecule has 8 heteroatoms. The van der Waals surface area contributed by atoms with Crippen LogP contribution < -0.4 is 0 Å². The largest absolute Gasteiger partial charge is 0.245 e. The summed E-state index contributed by atoms with van der Waals surface area (Å²) in [6, 6.07) is 1.04. The monoisotopic (exact) mass is 321 g/mol. The smallest absolute Gasteiger partial charge is 0.207 e. The van der Waals surface area contributed by atoms with Crippen molar-refractivity contribution in [2.75, 3.05) is 12.9 Å². The van der Waals surface area contributed by atoms with Gasteiger partial charge in [0.2, 0.25) is 10.0 Å². The van der Waals surface area contributed by atoms with Gasteiger partial charge in [-0.3, -0.25) is 0 Å². The lowest BCUT2D eigenvalue weighted by atomic mass is 10.4. The Bertz CT molecular complexity index is 472. The number of halogens is 3. The summed E-state index contributed by atoms with van der Waals surface area (Å²) in [7, 11) is -2.15. The van der Waals surface area contributed by atoms with E-state index in [4.69, 9.17) is 34.8 Å². The molecule has 0 N–H and O–H groups in total. The number of alkyl halides is 1. The summed E-state index contributed by atoms with van der Waals surface area (Å²) >= 11 is 18.2. The Labute approximate surface area is 114 Å². The van der Waals surface area contributed by atoms with Gasteiger partial charge in [0.1, 0.15) is 9.23 Å². The standard InChI is InChI=1S/C8H10Cl3NO2S2/c1-5(4-9)12(2)16(13,14)6-3-7(10)15-8(6)11/h3,5H,4H2,1-2H3. The molecule has 0 amide bonds. The third kappa shape index (κ3) is 2.83. The molecule has 0 aliphatic heterocycles. The number of rotatable bonds is 4. The predicted octanol–water partition coefficient (Wildman–Crippen LogP) is 3.30. The maximum Gasteiger partial charge on any atom is 0.245 e. The number of thiophene rings is 1. The third-order valence-corrected chi connectivity index (χ3v) is 6.30. The van der Waals surface area contributed by atoms with Crippen LogP contribution in [0.5, 0.6) is 0 Å². The molecular formula is C8H10Cl3NO2S2. The molecule has 1 rings (SSSR count). The minimum absolute atomic E-state index is 0.0311. The van der Waals surface area contributed by atoms with Crippen LogP contribution in [0.2, 0.25) is 8.67 Å². The summed E-state index contributed by atoms with van der Waals surface area (Å²) in [4.78, 5) is 0.0311. The van der Waals surface area contributed by atoms with Gasteiger partial charge in [-0.15, -0.1) is 22.9 Å². The Morgan fingerprint density at radius 3 is 2.44 bits per heavy atom. The second kappa shape index (κ2) is 5.42. The maximum atomic E-state index is 12.1. The van der Waals surface area contributed by atoms with Crippen molar-refractivity contribution in [2.24, 2.45) is 0 Å². The van der Waals surface area contributed by atoms with Crippen LogP contribution in [0, 0.1) is 0 Å². The first-order chi connectivity index (χ1) is 7.30. The Morgan fingerprint density at radius 2 is 2.06 bits per heavy atom. The van der Waals surface area contributed by atoms with Crippen molar-refractivity contribution in [3.05, 3.63) is 14.7 Å².